The van der Waals surface area contributed by atoms with Crippen LogP contribution in [0.25, 0.3) is 6.20 Å². The molecular weight excluding hydrogens is 400 g/mol. The summed E-state index contributed by atoms with van der Waals surface area (Å²) in [5.41, 5.74) is 4.22. The van der Waals surface area contributed by atoms with Crippen LogP contribution in [0.15, 0.2) is 18.2 Å². The Hall–Kier alpha value is -1.92. The van der Waals surface area contributed by atoms with Crippen LogP contribution in [0.1, 0.15) is 90.9 Å². The van der Waals surface area contributed by atoms with E-state index in [2.05, 4.69) is 49.4 Å². The third-order valence-corrected chi connectivity index (χ3v) is 5.81. The first-order chi connectivity index (χ1) is 15.5. The molecule has 0 spiro atoms. The maximum atomic E-state index is 11.3. The SMILES string of the molecule is CC.CCCCCc1nc2n(c1CN(CC)CCC(C)C)C=CC(/C=C/C(=O)NO)CC2. The van der Waals surface area contributed by atoms with Crippen LogP contribution in [0.4, 0.5) is 0 Å². The predicted molar refractivity (Wildman–Crippen MR) is 133 cm³/mol. The van der Waals surface area contributed by atoms with Crippen molar-refractivity contribution in [2.24, 2.45) is 11.8 Å². The molecule has 2 N–H and O–H groups in total. The number of nitrogens with one attached hydrogen (secondary N) is 1. The molecule has 0 radical (unpaired) electrons. The lowest BCUT2D eigenvalue weighted by Gasteiger charge is -2.22. The summed E-state index contributed by atoms with van der Waals surface area (Å²) < 4.78 is 2.29. The Balaban J connectivity index is 0.00000249. The van der Waals surface area contributed by atoms with E-state index < -0.39 is 5.91 Å². The van der Waals surface area contributed by atoms with Gasteiger partial charge < -0.3 is 4.57 Å². The second-order valence-corrected chi connectivity index (χ2v) is 8.68. The molecule has 1 aromatic rings. The zero-order chi connectivity index (χ0) is 23.9. The van der Waals surface area contributed by atoms with Gasteiger partial charge in [0.15, 0.2) is 0 Å². The molecule has 0 fully saturated rings. The van der Waals surface area contributed by atoms with Gasteiger partial charge >= 0.3 is 0 Å². The molecule has 2 rings (SSSR count). The number of hydrogen-bond acceptors (Lipinski definition) is 4. The summed E-state index contributed by atoms with van der Waals surface area (Å²) in [6, 6.07) is 0. The van der Waals surface area contributed by atoms with E-state index in [0.717, 1.165) is 44.7 Å². The van der Waals surface area contributed by atoms with E-state index in [1.807, 2.05) is 19.9 Å². The molecule has 2 heterocycles. The third kappa shape index (κ3) is 9.29. The Morgan fingerprint density at radius 2 is 2.09 bits per heavy atom. The van der Waals surface area contributed by atoms with Crippen LogP contribution < -0.4 is 5.48 Å². The van der Waals surface area contributed by atoms with Crippen molar-refractivity contribution in [2.75, 3.05) is 13.1 Å². The highest BCUT2D eigenvalue weighted by Crippen LogP contribution is 2.24. The Labute approximate surface area is 195 Å². The van der Waals surface area contributed by atoms with Gasteiger partial charge in [-0.1, -0.05) is 66.5 Å². The number of hydrogen-bond donors (Lipinski definition) is 2. The molecule has 1 aromatic heterocycles. The van der Waals surface area contributed by atoms with Crippen molar-refractivity contribution >= 4 is 12.1 Å². The lowest BCUT2D eigenvalue weighted by molar-refractivity contribution is -0.124. The zero-order valence-corrected chi connectivity index (χ0v) is 21.2. The highest BCUT2D eigenvalue weighted by atomic mass is 16.5. The third-order valence-electron chi connectivity index (χ3n) is 5.81. The van der Waals surface area contributed by atoms with E-state index in [0.29, 0.717) is 5.92 Å². The van der Waals surface area contributed by atoms with Gasteiger partial charge in [0.25, 0.3) is 5.91 Å². The Morgan fingerprint density at radius 1 is 1.34 bits per heavy atom. The number of carbonyl (C=O) groups excluding carboxylic acids is 1. The van der Waals surface area contributed by atoms with E-state index in [-0.39, 0.29) is 5.92 Å². The molecule has 0 bridgehead atoms. The van der Waals surface area contributed by atoms with Crippen molar-refractivity contribution in [3.05, 3.63) is 35.4 Å². The number of amides is 1. The largest absolute Gasteiger partial charge is 0.306 e. The van der Waals surface area contributed by atoms with E-state index in [9.17, 15) is 4.79 Å². The van der Waals surface area contributed by atoms with Crippen LogP contribution in [-0.4, -0.2) is 38.7 Å². The molecule has 0 saturated heterocycles. The van der Waals surface area contributed by atoms with Crippen molar-refractivity contribution in [1.29, 1.82) is 0 Å². The summed E-state index contributed by atoms with van der Waals surface area (Å²) in [7, 11) is 0. The highest BCUT2D eigenvalue weighted by molar-refractivity contribution is 5.86. The Morgan fingerprint density at radius 3 is 2.72 bits per heavy atom. The molecule has 182 valence electrons. The van der Waals surface area contributed by atoms with Gasteiger partial charge in [-0.15, -0.1) is 0 Å². The molecule has 1 unspecified atom stereocenters. The minimum absolute atomic E-state index is 0.156. The van der Waals surface area contributed by atoms with Crippen molar-refractivity contribution in [2.45, 2.75) is 93.0 Å². The first kappa shape index (κ1) is 28.1. The minimum Gasteiger partial charge on any atom is -0.306 e. The number of hydroxylamine groups is 1. The summed E-state index contributed by atoms with van der Waals surface area (Å²) in [4.78, 5) is 18.9. The van der Waals surface area contributed by atoms with Gasteiger partial charge in [0.1, 0.15) is 5.82 Å². The second kappa shape index (κ2) is 15.8. The minimum atomic E-state index is -0.493. The van der Waals surface area contributed by atoms with Crippen LogP contribution in [0.5, 0.6) is 0 Å². The number of unbranched alkanes of at least 4 members (excludes halogenated alkanes) is 2. The van der Waals surface area contributed by atoms with Crippen molar-refractivity contribution < 1.29 is 10.0 Å². The fourth-order valence-corrected chi connectivity index (χ4v) is 3.83. The predicted octanol–water partition coefficient (Wildman–Crippen LogP) is 5.60. The van der Waals surface area contributed by atoms with Crippen molar-refractivity contribution in [1.82, 2.24) is 19.9 Å². The first-order valence-electron chi connectivity index (χ1n) is 12.6. The molecule has 6 nitrogen and oxygen atoms in total. The fourth-order valence-electron chi connectivity index (χ4n) is 3.83. The quantitative estimate of drug-likeness (QED) is 0.190. The molecule has 0 aliphatic carbocycles. The summed E-state index contributed by atoms with van der Waals surface area (Å²) in [5.74, 6) is 1.49. The van der Waals surface area contributed by atoms with Gasteiger partial charge in [-0.2, -0.15) is 0 Å². The van der Waals surface area contributed by atoms with Gasteiger partial charge in [-0.25, -0.2) is 10.5 Å². The number of aromatic nitrogens is 2. The van der Waals surface area contributed by atoms with Crippen LogP contribution in [0.3, 0.4) is 0 Å². The maximum Gasteiger partial charge on any atom is 0.267 e. The number of allylic oxidation sites excluding steroid dienone is 2. The normalized spacial score (nSPS) is 15.6. The molecule has 1 atom stereocenters. The summed E-state index contributed by atoms with van der Waals surface area (Å²) in [6.07, 6.45) is 15.2. The van der Waals surface area contributed by atoms with Crippen LogP contribution in [0, 0.1) is 11.8 Å². The van der Waals surface area contributed by atoms with E-state index in [1.54, 1.807) is 5.48 Å². The molecule has 0 aromatic carbocycles. The lowest BCUT2D eigenvalue weighted by atomic mass is 10.0. The standard InChI is InChI=1S/C24H40N4O2.C2H6/c1-5-7-8-9-21-22(18-27(6-2)16-14-19(3)4)28-17-15-20(10-12-23(28)25-21)11-13-24(29)26-30;1-2/h11,13,15,17,19-20,30H,5-10,12,14,16,18H2,1-4H3,(H,26,29);1-2H3/b13-11+;. The topological polar surface area (TPSA) is 70.4 Å². The zero-order valence-electron chi connectivity index (χ0n) is 21.2. The monoisotopic (exact) mass is 446 g/mol. The number of imidazole rings is 1. The Bertz CT molecular complexity index is 722. The second-order valence-electron chi connectivity index (χ2n) is 8.68. The number of aryl methyl sites for hydroxylation is 2. The number of nitrogens with zero attached hydrogens (tertiary/aromatic N) is 3. The lowest BCUT2D eigenvalue weighted by Crippen LogP contribution is -2.26. The number of rotatable bonds is 12. The first-order valence-corrected chi connectivity index (χ1v) is 12.6. The number of carbonyl (C=O) groups is 1. The maximum absolute atomic E-state index is 11.3. The molecule has 1 aliphatic heterocycles. The Kier molecular flexibility index (Phi) is 13.9. The van der Waals surface area contributed by atoms with Gasteiger partial charge in [-0.05, 0) is 50.6 Å². The van der Waals surface area contributed by atoms with Gasteiger partial charge in [0.2, 0.25) is 0 Å². The summed E-state index contributed by atoms with van der Waals surface area (Å²) in [5, 5.41) is 8.68. The summed E-state index contributed by atoms with van der Waals surface area (Å²) >= 11 is 0. The average molecular weight is 447 g/mol. The molecule has 6 heteroatoms. The molecule has 32 heavy (non-hydrogen) atoms. The van der Waals surface area contributed by atoms with Crippen molar-refractivity contribution in [3.8, 4) is 0 Å². The van der Waals surface area contributed by atoms with Gasteiger partial charge in [0.05, 0.1) is 11.4 Å². The van der Waals surface area contributed by atoms with Gasteiger partial charge in [-0.3, -0.25) is 14.9 Å². The summed E-state index contributed by atoms with van der Waals surface area (Å²) in [6.45, 7) is 16.1. The van der Waals surface area contributed by atoms with E-state index >= 15 is 0 Å². The van der Waals surface area contributed by atoms with Gasteiger partial charge in [0, 0.05) is 25.2 Å². The molecule has 0 saturated carbocycles. The van der Waals surface area contributed by atoms with E-state index in [4.69, 9.17) is 10.2 Å². The molecule has 1 amide bonds. The molecule has 1 aliphatic rings. The van der Waals surface area contributed by atoms with Crippen LogP contribution in [-0.2, 0) is 24.2 Å². The molecular formula is C26H46N4O2. The van der Waals surface area contributed by atoms with E-state index in [1.165, 1.54) is 43.1 Å². The number of fused-ring (bicyclic) bond motifs is 1. The van der Waals surface area contributed by atoms with Crippen LogP contribution >= 0.6 is 0 Å². The highest BCUT2D eigenvalue weighted by Gasteiger charge is 2.20. The fraction of sp³-hybridized carbons (Fsp3) is 0.692. The van der Waals surface area contributed by atoms with Crippen molar-refractivity contribution in [3.63, 3.8) is 0 Å². The average Bonchev–Trinajstić information content (AvgIpc) is 2.99. The van der Waals surface area contributed by atoms with Crippen LogP contribution in [0.2, 0.25) is 0 Å². The smallest absolute Gasteiger partial charge is 0.267 e.